The highest BCUT2D eigenvalue weighted by Crippen LogP contribution is 2.25. The van der Waals surface area contributed by atoms with E-state index in [2.05, 4.69) is 4.98 Å². The zero-order valence-corrected chi connectivity index (χ0v) is 10.2. The molecule has 16 heavy (non-hydrogen) atoms. The fourth-order valence-electron chi connectivity index (χ4n) is 1.49. The molecule has 0 bridgehead atoms. The van der Waals surface area contributed by atoms with Crippen LogP contribution in [0.25, 0.3) is 5.69 Å². The van der Waals surface area contributed by atoms with Crippen LogP contribution in [0.2, 0.25) is 10.0 Å². The monoisotopic (exact) mass is 255 g/mol. The number of benzene rings is 1. The van der Waals surface area contributed by atoms with Crippen molar-refractivity contribution in [1.29, 1.82) is 0 Å². The Bertz CT molecular complexity index is 506. The van der Waals surface area contributed by atoms with Gasteiger partial charge in [-0.3, -0.25) is 0 Å². The summed E-state index contributed by atoms with van der Waals surface area (Å²) in [7, 11) is 0. The van der Waals surface area contributed by atoms with E-state index in [-0.39, 0.29) is 6.04 Å². The second-order valence-electron chi connectivity index (χ2n) is 3.58. The Kier molecular flexibility index (Phi) is 3.19. The lowest BCUT2D eigenvalue weighted by Crippen LogP contribution is -2.10. The largest absolute Gasteiger partial charge is 0.323 e. The molecular weight excluding hydrogens is 245 g/mol. The van der Waals surface area contributed by atoms with Crippen LogP contribution in [0, 0.1) is 0 Å². The number of nitrogens with zero attached hydrogens (tertiary/aromatic N) is 2. The van der Waals surface area contributed by atoms with Crippen LogP contribution in [-0.4, -0.2) is 9.55 Å². The normalized spacial score (nSPS) is 12.8. The predicted molar refractivity (Wildman–Crippen MR) is 66.2 cm³/mol. The zero-order chi connectivity index (χ0) is 11.7. The van der Waals surface area contributed by atoms with Gasteiger partial charge in [-0.25, -0.2) is 4.98 Å². The third-order valence-electron chi connectivity index (χ3n) is 2.31. The average molecular weight is 256 g/mol. The molecule has 0 fully saturated rings. The highest BCUT2D eigenvalue weighted by molar-refractivity contribution is 6.42. The van der Waals surface area contributed by atoms with E-state index in [9.17, 15) is 0 Å². The van der Waals surface area contributed by atoms with Crippen LogP contribution in [0.5, 0.6) is 0 Å². The summed E-state index contributed by atoms with van der Waals surface area (Å²) in [5.41, 5.74) is 7.68. The van der Waals surface area contributed by atoms with Gasteiger partial charge in [0.05, 0.1) is 28.3 Å². The first-order chi connectivity index (χ1) is 7.59. The third kappa shape index (κ3) is 2.07. The van der Waals surface area contributed by atoms with Gasteiger partial charge < -0.3 is 10.3 Å². The number of hydrogen-bond donors (Lipinski definition) is 1. The number of halogens is 2. The molecule has 2 N–H and O–H groups in total. The fraction of sp³-hybridized carbons (Fsp3) is 0.182. The van der Waals surface area contributed by atoms with Crippen molar-refractivity contribution in [1.82, 2.24) is 9.55 Å². The molecule has 0 spiro atoms. The van der Waals surface area contributed by atoms with Crippen molar-refractivity contribution in [3.05, 3.63) is 46.5 Å². The van der Waals surface area contributed by atoms with E-state index >= 15 is 0 Å². The quantitative estimate of drug-likeness (QED) is 0.896. The van der Waals surface area contributed by atoms with E-state index in [4.69, 9.17) is 28.9 Å². The van der Waals surface area contributed by atoms with Gasteiger partial charge in [0.25, 0.3) is 0 Å². The maximum Gasteiger partial charge on any atom is 0.0994 e. The van der Waals surface area contributed by atoms with Gasteiger partial charge in [0.15, 0.2) is 0 Å². The number of hydrogen-bond acceptors (Lipinski definition) is 2. The maximum absolute atomic E-state index is 5.97. The van der Waals surface area contributed by atoms with Crippen molar-refractivity contribution in [2.24, 2.45) is 5.73 Å². The van der Waals surface area contributed by atoms with Crippen molar-refractivity contribution in [2.75, 3.05) is 0 Å². The first-order valence-corrected chi connectivity index (χ1v) is 5.58. The molecule has 0 unspecified atom stereocenters. The minimum absolute atomic E-state index is 0.0862. The molecule has 0 saturated carbocycles. The van der Waals surface area contributed by atoms with Gasteiger partial charge in [-0.2, -0.15) is 0 Å². The molecule has 1 heterocycles. The Labute approximate surface area is 104 Å². The summed E-state index contributed by atoms with van der Waals surface area (Å²) in [6.45, 7) is 1.91. The summed E-state index contributed by atoms with van der Waals surface area (Å²) >= 11 is 11.8. The minimum Gasteiger partial charge on any atom is -0.323 e. The van der Waals surface area contributed by atoms with E-state index in [0.717, 1.165) is 11.4 Å². The Hall–Kier alpha value is -1.03. The summed E-state index contributed by atoms with van der Waals surface area (Å²) < 4.78 is 1.90. The summed E-state index contributed by atoms with van der Waals surface area (Å²) in [6.07, 6.45) is 3.45. The fourth-order valence-corrected chi connectivity index (χ4v) is 1.79. The van der Waals surface area contributed by atoms with Crippen LogP contribution in [0.4, 0.5) is 0 Å². The molecule has 3 nitrogen and oxygen atoms in total. The highest BCUT2D eigenvalue weighted by Gasteiger charge is 2.09. The second-order valence-corrected chi connectivity index (χ2v) is 4.39. The van der Waals surface area contributed by atoms with Crippen LogP contribution in [-0.2, 0) is 0 Å². The van der Waals surface area contributed by atoms with E-state index < -0.39 is 0 Å². The van der Waals surface area contributed by atoms with Crippen molar-refractivity contribution in [3.8, 4) is 5.69 Å². The zero-order valence-electron chi connectivity index (χ0n) is 8.69. The molecule has 2 rings (SSSR count). The SMILES string of the molecule is C[C@H](N)c1cncn1-c1ccc(Cl)c(Cl)c1. The van der Waals surface area contributed by atoms with Gasteiger partial charge in [0.2, 0.25) is 0 Å². The highest BCUT2D eigenvalue weighted by atomic mass is 35.5. The minimum atomic E-state index is -0.0862. The molecule has 2 aromatic rings. The lowest BCUT2D eigenvalue weighted by Gasteiger charge is -2.11. The first-order valence-electron chi connectivity index (χ1n) is 4.83. The number of aromatic nitrogens is 2. The van der Waals surface area contributed by atoms with Gasteiger partial charge in [-0.05, 0) is 25.1 Å². The molecule has 0 amide bonds. The summed E-state index contributed by atoms with van der Waals surface area (Å²) in [4.78, 5) is 4.08. The third-order valence-corrected chi connectivity index (χ3v) is 3.05. The van der Waals surface area contributed by atoms with Gasteiger partial charge in [0.1, 0.15) is 0 Å². The van der Waals surface area contributed by atoms with Gasteiger partial charge in [-0.15, -0.1) is 0 Å². The Balaban J connectivity index is 2.50. The molecule has 0 aliphatic carbocycles. The molecular formula is C11H11Cl2N3. The van der Waals surface area contributed by atoms with E-state index in [1.165, 1.54) is 0 Å². The van der Waals surface area contributed by atoms with E-state index in [1.807, 2.05) is 17.6 Å². The lowest BCUT2D eigenvalue weighted by atomic mass is 10.2. The Morgan fingerprint density at radius 2 is 2.06 bits per heavy atom. The standard InChI is InChI=1S/C11H11Cl2N3/c1-7(14)11-5-15-6-16(11)8-2-3-9(12)10(13)4-8/h2-7H,14H2,1H3/t7-/m0/s1. The van der Waals surface area contributed by atoms with Crippen molar-refractivity contribution in [3.63, 3.8) is 0 Å². The molecule has 1 aromatic carbocycles. The van der Waals surface area contributed by atoms with Crippen LogP contribution in [0.15, 0.2) is 30.7 Å². The Morgan fingerprint density at radius 1 is 1.31 bits per heavy atom. The first kappa shape index (κ1) is 11.5. The van der Waals surface area contributed by atoms with E-state index in [1.54, 1.807) is 24.7 Å². The van der Waals surface area contributed by atoms with Crippen molar-refractivity contribution >= 4 is 23.2 Å². The molecule has 1 aromatic heterocycles. The molecule has 84 valence electrons. The van der Waals surface area contributed by atoms with Crippen molar-refractivity contribution < 1.29 is 0 Å². The smallest absolute Gasteiger partial charge is 0.0994 e. The van der Waals surface area contributed by atoms with Gasteiger partial charge in [0, 0.05) is 11.7 Å². The molecule has 0 aliphatic heterocycles. The predicted octanol–water partition coefficient (Wildman–Crippen LogP) is 3.20. The molecule has 0 saturated heterocycles. The van der Waals surface area contributed by atoms with E-state index in [0.29, 0.717) is 10.0 Å². The maximum atomic E-state index is 5.97. The molecule has 0 aliphatic rings. The van der Waals surface area contributed by atoms with Crippen LogP contribution in [0.1, 0.15) is 18.7 Å². The second kappa shape index (κ2) is 4.45. The summed E-state index contributed by atoms with van der Waals surface area (Å²) in [5, 5.41) is 1.05. The molecule has 1 atom stereocenters. The number of rotatable bonds is 2. The number of imidazole rings is 1. The van der Waals surface area contributed by atoms with Crippen LogP contribution in [0.3, 0.4) is 0 Å². The number of nitrogens with two attached hydrogens (primary N) is 1. The average Bonchev–Trinajstić information content (AvgIpc) is 2.71. The molecule has 0 radical (unpaired) electrons. The van der Waals surface area contributed by atoms with Crippen molar-refractivity contribution in [2.45, 2.75) is 13.0 Å². The Morgan fingerprint density at radius 3 is 2.69 bits per heavy atom. The molecule has 5 heteroatoms. The van der Waals surface area contributed by atoms with Gasteiger partial charge in [-0.1, -0.05) is 23.2 Å². The van der Waals surface area contributed by atoms with Gasteiger partial charge >= 0.3 is 0 Å². The van der Waals surface area contributed by atoms with Crippen LogP contribution < -0.4 is 5.73 Å². The summed E-state index contributed by atoms with van der Waals surface area (Å²) in [6, 6.07) is 5.33. The van der Waals surface area contributed by atoms with Crippen LogP contribution >= 0.6 is 23.2 Å². The topological polar surface area (TPSA) is 43.8 Å². The lowest BCUT2D eigenvalue weighted by molar-refractivity contribution is 0.752. The summed E-state index contributed by atoms with van der Waals surface area (Å²) in [5.74, 6) is 0.